The number of nitrogens with zero attached hydrogens (tertiary/aromatic N) is 2. The first kappa shape index (κ1) is 9.82. The van der Waals surface area contributed by atoms with Crippen molar-refractivity contribution in [2.45, 2.75) is 12.2 Å². The Labute approximate surface area is 89.1 Å². The van der Waals surface area contributed by atoms with Crippen LogP contribution >= 0.6 is 23.1 Å². The standard InChI is InChI=1S/C8H8N2O2S2/c1-4-6(13-3-9-4)8-10-7(12)5(2-11)14-8/h3,5,11H,2H2,1H3. The average Bonchev–Trinajstić information content (AvgIpc) is 2.71. The lowest BCUT2D eigenvalue weighted by atomic mass is 10.4. The number of aliphatic hydroxyl groups excluding tert-OH is 1. The molecule has 0 saturated heterocycles. The second-order valence-electron chi connectivity index (χ2n) is 2.81. The van der Waals surface area contributed by atoms with E-state index < -0.39 is 5.25 Å². The van der Waals surface area contributed by atoms with E-state index in [2.05, 4.69) is 9.98 Å². The van der Waals surface area contributed by atoms with Gasteiger partial charge in [-0.1, -0.05) is 11.8 Å². The zero-order valence-corrected chi connectivity index (χ0v) is 9.06. The molecular weight excluding hydrogens is 220 g/mol. The van der Waals surface area contributed by atoms with Crippen LogP contribution in [-0.2, 0) is 4.79 Å². The second kappa shape index (κ2) is 3.80. The third-order valence-electron chi connectivity index (χ3n) is 1.85. The topological polar surface area (TPSA) is 62.5 Å². The number of aliphatic imine (C=N–C) groups is 1. The predicted octanol–water partition coefficient (Wildman–Crippen LogP) is 0.832. The van der Waals surface area contributed by atoms with Gasteiger partial charge in [0.25, 0.3) is 5.91 Å². The molecule has 1 aromatic heterocycles. The number of aryl methyl sites for hydroxylation is 1. The third kappa shape index (κ3) is 1.60. The molecule has 1 aliphatic rings. The van der Waals surface area contributed by atoms with Gasteiger partial charge >= 0.3 is 0 Å². The van der Waals surface area contributed by atoms with Gasteiger partial charge in [0.05, 0.1) is 22.7 Å². The molecule has 4 nitrogen and oxygen atoms in total. The summed E-state index contributed by atoms with van der Waals surface area (Å²) in [6.45, 7) is 1.72. The highest BCUT2D eigenvalue weighted by Crippen LogP contribution is 2.29. The molecular formula is C8H8N2O2S2. The van der Waals surface area contributed by atoms with Crippen LogP contribution in [0, 0.1) is 6.92 Å². The molecule has 0 spiro atoms. The fourth-order valence-corrected chi connectivity index (χ4v) is 2.98. The Kier molecular flexibility index (Phi) is 2.66. The molecule has 0 aromatic carbocycles. The zero-order valence-electron chi connectivity index (χ0n) is 7.43. The van der Waals surface area contributed by atoms with E-state index in [0.29, 0.717) is 5.04 Å². The molecule has 1 aliphatic heterocycles. The van der Waals surface area contributed by atoms with Crippen LogP contribution in [0.1, 0.15) is 10.6 Å². The fourth-order valence-electron chi connectivity index (χ4n) is 1.11. The van der Waals surface area contributed by atoms with Gasteiger partial charge in [0.15, 0.2) is 0 Å². The van der Waals surface area contributed by atoms with Crippen molar-refractivity contribution in [2.24, 2.45) is 4.99 Å². The number of hydrogen-bond acceptors (Lipinski definition) is 5. The largest absolute Gasteiger partial charge is 0.395 e. The molecule has 0 radical (unpaired) electrons. The summed E-state index contributed by atoms with van der Waals surface area (Å²) in [6.07, 6.45) is 0. The molecule has 74 valence electrons. The number of carbonyl (C=O) groups is 1. The van der Waals surface area contributed by atoms with Gasteiger partial charge in [-0.25, -0.2) is 9.98 Å². The summed E-state index contributed by atoms with van der Waals surface area (Å²) in [5.74, 6) is -0.250. The van der Waals surface area contributed by atoms with E-state index in [4.69, 9.17) is 5.11 Å². The zero-order chi connectivity index (χ0) is 10.1. The normalized spacial score (nSPS) is 21.4. The van der Waals surface area contributed by atoms with Crippen molar-refractivity contribution < 1.29 is 9.90 Å². The maximum atomic E-state index is 11.2. The third-order valence-corrected chi connectivity index (χ3v) is 4.07. The van der Waals surface area contributed by atoms with Crippen molar-refractivity contribution in [1.29, 1.82) is 0 Å². The molecule has 2 heterocycles. The second-order valence-corrected chi connectivity index (χ2v) is 4.86. The number of carbonyl (C=O) groups excluding carboxylic acids is 1. The minimum absolute atomic E-state index is 0.158. The molecule has 2 rings (SSSR count). The summed E-state index contributed by atoms with van der Waals surface area (Å²) in [6, 6.07) is 0. The molecule has 1 amide bonds. The number of thiazole rings is 1. The summed E-state index contributed by atoms with van der Waals surface area (Å²) < 4.78 is 0. The van der Waals surface area contributed by atoms with E-state index in [-0.39, 0.29) is 12.5 Å². The van der Waals surface area contributed by atoms with Crippen LogP contribution in [0.4, 0.5) is 0 Å². The molecule has 14 heavy (non-hydrogen) atoms. The van der Waals surface area contributed by atoms with Crippen LogP contribution in [0.25, 0.3) is 0 Å². The van der Waals surface area contributed by atoms with Gasteiger partial charge in [0, 0.05) is 0 Å². The lowest BCUT2D eigenvalue weighted by Crippen LogP contribution is -2.14. The SMILES string of the molecule is Cc1ncsc1C1=NC(=O)C(CO)S1. The van der Waals surface area contributed by atoms with Crippen LogP contribution in [0.3, 0.4) is 0 Å². The maximum absolute atomic E-state index is 11.2. The van der Waals surface area contributed by atoms with E-state index >= 15 is 0 Å². The number of hydrogen-bond donors (Lipinski definition) is 1. The van der Waals surface area contributed by atoms with Gasteiger partial charge < -0.3 is 5.11 Å². The van der Waals surface area contributed by atoms with E-state index in [0.717, 1.165) is 10.6 Å². The lowest BCUT2D eigenvalue weighted by molar-refractivity contribution is -0.117. The van der Waals surface area contributed by atoms with E-state index in [9.17, 15) is 4.79 Å². The first-order valence-electron chi connectivity index (χ1n) is 4.03. The van der Waals surface area contributed by atoms with E-state index in [1.807, 2.05) is 6.92 Å². The van der Waals surface area contributed by atoms with Gasteiger partial charge in [-0.2, -0.15) is 0 Å². The molecule has 1 atom stereocenters. The smallest absolute Gasteiger partial charge is 0.262 e. The quantitative estimate of drug-likeness (QED) is 0.814. The van der Waals surface area contributed by atoms with Crippen molar-refractivity contribution in [3.8, 4) is 0 Å². The highest BCUT2D eigenvalue weighted by molar-refractivity contribution is 8.16. The maximum Gasteiger partial charge on any atom is 0.262 e. The summed E-state index contributed by atoms with van der Waals surface area (Å²) in [5, 5.41) is 9.16. The van der Waals surface area contributed by atoms with Crippen molar-refractivity contribution in [3.05, 3.63) is 16.1 Å². The Balaban J connectivity index is 2.27. The van der Waals surface area contributed by atoms with Crippen LogP contribution in [0.2, 0.25) is 0 Å². The number of aromatic nitrogens is 1. The minimum atomic E-state index is -0.425. The number of amides is 1. The highest BCUT2D eigenvalue weighted by atomic mass is 32.2. The first-order valence-corrected chi connectivity index (χ1v) is 5.79. The molecule has 0 aliphatic carbocycles. The van der Waals surface area contributed by atoms with E-state index in [1.165, 1.54) is 23.1 Å². The molecule has 0 bridgehead atoms. The molecule has 0 saturated carbocycles. The number of aliphatic hydroxyl groups is 1. The first-order chi connectivity index (χ1) is 6.72. The van der Waals surface area contributed by atoms with Crippen molar-refractivity contribution >= 4 is 34.0 Å². The summed E-state index contributed by atoms with van der Waals surface area (Å²) in [5.41, 5.74) is 2.61. The molecule has 1 aromatic rings. The molecule has 1 N–H and O–H groups in total. The van der Waals surface area contributed by atoms with Crippen LogP contribution in [0.5, 0.6) is 0 Å². The van der Waals surface area contributed by atoms with Crippen LogP contribution in [-0.4, -0.2) is 32.9 Å². The van der Waals surface area contributed by atoms with Gasteiger partial charge in [0.1, 0.15) is 10.3 Å². The van der Waals surface area contributed by atoms with Crippen molar-refractivity contribution in [2.75, 3.05) is 6.61 Å². The summed E-state index contributed by atoms with van der Waals surface area (Å²) >= 11 is 2.78. The van der Waals surface area contributed by atoms with E-state index in [1.54, 1.807) is 5.51 Å². The highest BCUT2D eigenvalue weighted by Gasteiger charge is 2.29. The molecule has 6 heteroatoms. The average molecular weight is 228 g/mol. The Morgan fingerprint density at radius 3 is 2.93 bits per heavy atom. The van der Waals surface area contributed by atoms with Crippen molar-refractivity contribution in [1.82, 2.24) is 4.98 Å². The van der Waals surface area contributed by atoms with Crippen LogP contribution < -0.4 is 0 Å². The monoisotopic (exact) mass is 228 g/mol. The predicted molar refractivity (Wildman–Crippen MR) is 56.9 cm³/mol. The van der Waals surface area contributed by atoms with Gasteiger partial charge in [-0.15, -0.1) is 11.3 Å². The fraction of sp³-hybridized carbons (Fsp3) is 0.375. The lowest BCUT2D eigenvalue weighted by Gasteiger charge is -2.00. The van der Waals surface area contributed by atoms with Gasteiger partial charge in [-0.05, 0) is 6.92 Å². The van der Waals surface area contributed by atoms with Gasteiger partial charge in [-0.3, -0.25) is 4.79 Å². The molecule has 1 unspecified atom stereocenters. The Hall–Kier alpha value is -0.720. The minimum Gasteiger partial charge on any atom is -0.395 e. The molecule has 0 fully saturated rings. The summed E-state index contributed by atoms with van der Waals surface area (Å²) in [7, 11) is 0. The van der Waals surface area contributed by atoms with Crippen molar-refractivity contribution in [3.63, 3.8) is 0 Å². The Morgan fingerprint density at radius 2 is 2.43 bits per heavy atom. The Morgan fingerprint density at radius 1 is 1.64 bits per heavy atom. The summed E-state index contributed by atoms with van der Waals surface area (Å²) in [4.78, 5) is 20.2. The number of thioether (sulfide) groups is 1. The number of rotatable bonds is 2. The van der Waals surface area contributed by atoms with Gasteiger partial charge in [0.2, 0.25) is 0 Å². The Bertz CT molecular complexity index is 400. The van der Waals surface area contributed by atoms with Crippen LogP contribution in [0.15, 0.2) is 10.5 Å².